The number of hydrogen-bond acceptors (Lipinski definition) is 0. The van der Waals surface area contributed by atoms with Crippen molar-refractivity contribution < 1.29 is 4.39 Å². The first-order valence-electron chi connectivity index (χ1n) is 7.47. The summed E-state index contributed by atoms with van der Waals surface area (Å²) in [6.45, 7) is 4.20. The van der Waals surface area contributed by atoms with Crippen molar-refractivity contribution in [1.82, 2.24) is 0 Å². The summed E-state index contributed by atoms with van der Waals surface area (Å²) in [7, 11) is 0. The molecular formula is C20H19F. The molecule has 3 aromatic carbocycles. The van der Waals surface area contributed by atoms with Gasteiger partial charge >= 0.3 is 0 Å². The van der Waals surface area contributed by atoms with Crippen LogP contribution in [0.15, 0.2) is 54.6 Å². The minimum atomic E-state index is -0.126. The molecule has 0 unspecified atom stereocenters. The molecule has 0 atom stereocenters. The fourth-order valence-corrected chi connectivity index (χ4v) is 2.74. The van der Waals surface area contributed by atoms with Crippen molar-refractivity contribution in [1.29, 1.82) is 0 Å². The van der Waals surface area contributed by atoms with E-state index in [1.54, 1.807) is 0 Å². The predicted octanol–water partition coefficient (Wildman–Crippen LogP) is 5.91. The van der Waals surface area contributed by atoms with Crippen LogP contribution in [0.2, 0.25) is 0 Å². The summed E-state index contributed by atoms with van der Waals surface area (Å²) in [4.78, 5) is 0. The second-order valence-corrected chi connectivity index (χ2v) is 5.60. The Hall–Kier alpha value is -2.15. The average Bonchev–Trinajstić information content (AvgIpc) is 2.49. The molecule has 0 aliphatic heterocycles. The maximum Gasteiger partial charge on any atom is 0.138 e. The Morgan fingerprint density at radius 1 is 0.905 bits per heavy atom. The van der Waals surface area contributed by atoms with Gasteiger partial charge in [-0.3, -0.25) is 0 Å². The maximum atomic E-state index is 14.8. The van der Waals surface area contributed by atoms with E-state index in [9.17, 15) is 4.39 Å². The molecule has 0 saturated heterocycles. The van der Waals surface area contributed by atoms with Gasteiger partial charge in [-0.15, -0.1) is 0 Å². The van der Waals surface area contributed by atoms with Gasteiger partial charge < -0.3 is 0 Å². The van der Waals surface area contributed by atoms with Crippen molar-refractivity contribution in [2.45, 2.75) is 26.7 Å². The van der Waals surface area contributed by atoms with E-state index in [0.29, 0.717) is 10.9 Å². The Bertz CT molecular complexity index is 770. The van der Waals surface area contributed by atoms with E-state index < -0.39 is 0 Å². The molecular weight excluding hydrogens is 259 g/mol. The van der Waals surface area contributed by atoms with Crippen LogP contribution in [0.4, 0.5) is 4.39 Å². The van der Waals surface area contributed by atoms with Gasteiger partial charge in [0.05, 0.1) is 0 Å². The number of benzene rings is 3. The van der Waals surface area contributed by atoms with Gasteiger partial charge in [-0.05, 0) is 29.9 Å². The van der Waals surface area contributed by atoms with Crippen molar-refractivity contribution in [2.75, 3.05) is 0 Å². The summed E-state index contributed by atoms with van der Waals surface area (Å²) >= 11 is 0. The van der Waals surface area contributed by atoms with Crippen LogP contribution in [-0.2, 0) is 6.42 Å². The van der Waals surface area contributed by atoms with Crippen molar-refractivity contribution in [3.05, 3.63) is 71.5 Å². The SMILES string of the molecule is CCCc1ccc2c(F)c(-c3ccc(C)cc3)ccc2c1. The van der Waals surface area contributed by atoms with Gasteiger partial charge in [0, 0.05) is 10.9 Å². The van der Waals surface area contributed by atoms with Crippen molar-refractivity contribution in [2.24, 2.45) is 0 Å². The van der Waals surface area contributed by atoms with Gasteiger partial charge in [-0.1, -0.05) is 73.5 Å². The van der Waals surface area contributed by atoms with Crippen LogP contribution in [0.1, 0.15) is 24.5 Å². The van der Waals surface area contributed by atoms with Crippen LogP contribution in [-0.4, -0.2) is 0 Å². The predicted molar refractivity (Wildman–Crippen MR) is 88.1 cm³/mol. The summed E-state index contributed by atoms with van der Waals surface area (Å²) in [5.74, 6) is -0.126. The number of fused-ring (bicyclic) bond motifs is 1. The van der Waals surface area contributed by atoms with Gasteiger partial charge in [0.25, 0.3) is 0 Å². The highest BCUT2D eigenvalue weighted by Gasteiger charge is 2.09. The number of aryl methyl sites for hydroxylation is 2. The van der Waals surface area contributed by atoms with Gasteiger partial charge in [-0.25, -0.2) is 4.39 Å². The molecule has 0 amide bonds. The first kappa shape index (κ1) is 13.8. The van der Waals surface area contributed by atoms with Gasteiger partial charge in [0.2, 0.25) is 0 Å². The minimum absolute atomic E-state index is 0.126. The molecule has 0 bridgehead atoms. The molecule has 0 fully saturated rings. The monoisotopic (exact) mass is 278 g/mol. The van der Waals surface area contributed by atoms with E-state index in [-0.39, 0.29) is 5.82 Å². The molecule has 0 N–H and O–H groups in total. The molecule has 0 spiro atoms. The van der Waals surface area contributed by atoms with E-state index in [1.807, 2.05) is 55.5 Å². The molecule has 0 aliphatic carbocycles. The molecule has 0 saturated carbocycles. The van der Waals surface area contributed by atoms with Crippen LogP contribution < -0.4 is 0 Å². The van der Waals surface area contributed by atoms with E-state index in [0.717, 1.165) is 23.8 Å². The Morgan fingerprint density at radius 3 is 2.38 bits per heavy atom. The number of halogens is 1. The zero-order valence-corrected chi connectivity index (χ0v) is 12.5. The van der Waals surface area contributed by atoms with Crippen molar-refractivity contribution >= 4 is 10.8 Å². The van der Waals surface area contributed by atoms with Crippen LogP contribution in [0.5, 0.6) is 0 Å². The van der Waals surface area contributed by atoms with Crippen LogP contribution in [0.25, 0.3) is 21.9 Å². The lowest BCUT2D eigenvalue weighted by atomic mass is 9.97. The first-order valence-corrected chi connectivity index (χ1v) is 7.47. The van der Waals surface area contributed by atoms with Crippen LogP contribution >= 0.6 is 0 Å². The van der Waals surface area contributed by atoms with Crippen LogP contribution in [0.3, 0.4) is 0 Å². The van der Waals surface area contributed by atoms with Crippen molar-refractivity contribution in [3.8, 4) is 11.1 Å². The standard InChI is InChI=1S/C20H19F/c1-3-4-15-7-11-19-17(13-15)10-12-18(20(19)21)16-8-5-14(2)6-9-16/h5-13H,3-4H2,1-2H3. The summed E-state index contributed by atoms with van der Waals surface area (Å²) in [5.41, 5.74) is 4.06. The Labute approximate surface area is 125 Å². The first-order chi connectivity index (χ1) is 10.2. The lowest BCUT2D eigenvalue weighted by Gasteiger charge is -2.09. The zero-order chi connectivity index (χ0) is 14.8. The van der Waals surface area contributed by atoms with Gasteiger partial charge in [-0.2, -0.15) is 0 Å². The zero-order valence-electron chi connectivity index (χ0n) is 12.5. The molecule has 106 valence electrons. The van der Waals surface area contributed by atoms with E-state index >= 15 is 0 Å². The molecule has 0 aliphatic rings. The summed E-state index contributed by atoms with van der Waals surface area (Å²) in [6, 6.07) is 17.9. The molecule has 0 radical (unpaired) electrons. The molecule has 0 heterocycles. The van der Waals surface area contributed by atoms with E-state index in [2.05, 4.69) is 13.0 Å². The highest BCUT2D eigenvalue weighted by molar-refractivity contribution is 5.88. The van der Waals surface area contributed by atoms with Crippen LogP contribution in [0, 0.1) is 12.7 Å². The summed E-state index contributed by atoms with van der Waals surface area (Å²) in [6.07, 6.45) is 2.15. The third-order valence-electron chi connectivity index (χ3n) is 3.92. The molecule has 0 aromatic heterocycles. The van der Waals surface area contributed by atoms with Gasteiger partial charge in [0.1, 0.15) is 5.82 Å². The van der Waals surface area contributed by atoms with E-state index in [1.165, 1.54) is 11.1 Å². The average molecular weight is 278 g/mol. The third-order valence-corrected chi connectivity index (χ3v) is 3.92. The Kier molecular flexibility index (Phi) is 3.74. The summed E-state index contributed by atoms with van der Waals surface area (Å²) in [5, 5.41) is 1.68. The quantitative estimate of drug-likeness (QED) is 0.559. The van der Waals surface area contributed by atoms with E-state index in [4.69, 9.17) is 0 Å². The highest BCUT2D eigenvalue weighted by Crippen LogP contribution is 2.29. The topological polar surface area (TPSA) is 0 Å². The second kappa shape index (κ2) is 5.69. The number of hydrogen-bond donors (Lipinski definition) is 0. The molecule has 0 nitrogen and oxygen atoms in total. The molecule has 3 rings (SSSR count). The highest BCUT2D eigenvalue weighted by atomic mass is 19.1. The fraction of sp³-hybridized carbons (Fsp3) is 0.200. The van der Waals surface area contributed by atoms with Crippen molar-refractivity contribution in [3.63, 3.8) is 0 Å². The third kappa shape index (κ3) is 2.69. The minimum Gasteiger partial charge on any atom is -0.206 e. The number of rotatable bonds is 3. The molecule has 3 aromatic rings. The molecule has 21 heavy (non-hydrogen) atoms. The largest absolute Gasteiger partial charge is 0.206 e. The Balaban J connectivity index is 2.11. The summed E-state index contributed by atoms with van der Waals surface area (Å²) < 4.78 is 14.8. The lowest BCUT2D eigenvalue weighted by molar-refractivity contribution is 0.643. The second-order valence-electron chi connectivity index (χ2n) is 5.60. The normalized spacial score (nSPS) is 11.0. The Morgan fingerprint density at radius 2 is 1.67 bits per heavy atom. The smallest absolute Gasteiger partial charge is 0.138 e. The lowest BCUT2D eigenvalue weighted by Crippen LogP contribution is -1.89. The van der Waals surface area contributed by atoms with Gasteiger partial charge in [0.15, 0.2) is 0 Å². The molecule has 1 heteroatoms. The maximum absolute atomic E-state index is 14.8. The fourth-order valence-electron chi connectivity index (χ4n) is 2.74.